The Hall–Kier alpha value is -3.46. The Morgan fingerprint density at radius 2 is 1.75 bits per heavy atom. The molecule has 0 spiro atoms. The molecule has 1 unspecified atom stereocenters. The zero-order chi connectivity index (χ0) is 23.0. The van der Waals surface area contributed by atoms with Crippen molar-refractivity contribution < 1.29 is 18.0 Å². The maximum absolute atomic E-state index is 12.7. The summed E-state index contributed by atoms with van der Waals surface area (Å²) < 4.78 is 25.8. The van der Waals surface area contributed by atoms with Gasteiger partial charge in [-0.1, -0.05) is 48.0 Å². The number of hydrogen-bond donors (Lipinski definition) is 2. The van der Waals surface area contributed by atoms with Gasteiger partial charge in [0.05, 0.1) is 28.9 Å². The summed E-state index contributed by atoms with van der Waals surface area (Å²) in [7, 11) is -3.34. The van der Waals surface area contributed by atoms with Gasteiger partial charge in [0.15, 0.2) is 9.84 Å². The number of carbonyl (C=O) groups excluding carboxylic acids is 2. The minimum Gasteiger partial charge on any atom is -0.341 e. The highest BCUT2D eigenvalue weighted by Gasteiger charge is 2.34. The number of benzene rings is 2. The molecule has 0 saturated carbocycles. The molecule has 0 aliphatic carbocycles. The third kappa shape index (κ3) is 4.29. The zero-order valence-electron chi connectivity index (χ0n) is 18.0. The highest BCUT2D eigenvalue weighted by molar-refractivity contribution is 7.90. The normalized spacial score (nSPS) is 15.1. The maximum Gasteiger partial charge on any atom is 0.314 e. The zero-order valence-corrected chi connectivity index (χ0v) is 18.9. The first-order valence-electron chi connectivity index (χ1n) is 10.2. The molecule has 166 valence electrons. The van der Waals surface area contributed by atoms with E-state index in [0.717, 1.165) is 16.7 Å². The van der Waals surface area contributed by atoms with E-state index in [-0.39, 0.29) is 23.4 Å². The van der Waals surface area contributed by atoms with Crippen LogP contribution in [0, 0.1) is 13.8 Å². The van der Waals surface area contributed by atoms with Gasteiger partial charge >= 0.3 is 11.8 Å². The number of aryl methyl sites for hydroxylation is 2. The Balaban J connectivity index is 1.64. The van der Waals surface area contributed by atoms with Crippen molar-refractivity contribution in [2.24, 2.45) is 0 Å². The first-order valence-corrected chi connectivity index (χ1v) is 12.0. The lowest BCUT2D eigenvalue weighted by Gasteiger charge is -2.16. The first kappa shape index (κ1) is 21.8. The molecule has 1 aromatic heterocycles. The summed E-state index contributed by atoms with van der Waals surface area (Å²) in [6.07, 6.45) is 0. The minimum atomic E-state index is -3.34. The van der Waals surface area contributed by atoms with Crippen molar-refractivity contribution in [3.63, 3.8) is 0 Å². The van der Waals surface area contributed by atoms with E-state index in [9.17, 15) is 18.0 Å². The van der Waals surface area contributed by atoms with Crippen molar-refractivity contribution in [3.8, 4) is 5.69 Å². The summed E-state index contributed by atoms with van der Waals surface area (Å²) in [5, 5.41) is 9.74. The number of hydrogen-bond acceptors (Lipinski definition) is 5. The summed E-state index contributed by atoms with van der Waals surface area (Å²) in [6.45, 7) is 5.66. The van der Waals surface area contributed by atoms with E-state index >= 15 is 0 Å². The van der Waals surface area contributed by atoms with Crippen LogP contribution >= 0.6 is 0 Å². The quantitative estimate of drug-likeness (QED) is 0.592. The molecule has 3 aromatic rings. The van der Waals surface area contributed by atoms with Crippen LogP contribution in [0.15, 0.2) is 48.5 Å². The molecule has 9 heteroatoms. The Morgan fingerprint density at radius 3 is 2.44 bits per heavy atom. The SMILES string of the molecule is Cc1ccc(-n2nc3c(c2NC(=O)C(=O)NC(C)c2ccccc2)CS(=O)(=O)C3)c(C)c1. The molecular weight excluding hydrogens is 428 g/mol. The molecule has 8 nitrogen and oxygen atoms in total. The number of nitrogens with zero attached hydrogens (tertiary/aromatic N) is 2. The second kappa shape index (κ2) is 8.23. The molecular formula is C23H24N4O4S. The number of fused-ring (bicyclic) bond motifs is 1. The van der Waals surface area contributed by atoms with E-state index in [0.29, 0.717) is 16.9 Å². The average Bonchev–Trinajstić information content (AvgIpc) is 3.20. The Labute approximate surface area is 186 Å². The van der Waals surface area contributed by atoms with Gasteiger partial charge in [0.2, 0.25) is 0 Å². The van der Waals surface area contributed by atoms with E-state index in [1.54, 1.807) is 6.92 Å². The average molecular weight is 453 g/mol. The van der Waals surface area contributed by atoms with E-state index < -0.39 is 21.7 Å². The first-order chi connectivity index (χ1) is 15.1. The number of sulfone groups is 1. The van der Waals surface area contributed by atoms with Crippen molar-refractivity contribution in [2.75, 3.05) is 5.32 Å². The predicted molar refractivity (Wildman–Crippen MR) is 121 cm³/mol. The number of anilines is 1. The van der Waals surface area contributed by atoms with Crippen LogP contribution in [0.4, 0.5) is 5.82 Å². The van der Waals surface area contributed by atoms with Gasteiger partial charge in [0.25, 0.3) is 0 Å². The second-order valence-electron chi connectivity index (χ2n) is 8.07. The predicted octanol–water partition coefficient (Wildman–Crippen LogP) is 2.73. The van der Waals surface area contributed by atoms with Crippen LogP contribution in [-0.2, 0) is 30.9 Å². The molecule has 0 fully saturated rings. The van der Waals surface area contributed by atoms with Crippen molar-refractivity contribution in [1.29, 1.82) is 0 Å². The van der Waals surface area contributed by atoms with Gasteiger partial charge in [-0.25, -0.2) is 13.1 Å². The minimum absolute atomic E-state index is 0.194. The molecule has 2 amide bonds. The molecule has 1 atom stereocenters. The van der Waals surface area contributed by atoms with E-state index in [4.69, 9.17) is 0 Å². The van der Waals surface area contributed by atoms with Crippen molar-refractivity contribution in [3.05, 3.63) is 76.5 Å². The summed E-state index contributed by atoms with van der Waals surface area (Å²) in [6, 6.07) is 14.7. The fraction of sp³-hybridized carbons (Fsp3) is 0.261. The second-order valence-corrected chi connectivity index (χ2v) is 10.1. The summed E-state index contributed by atoms with van der Waals surface area (Å²) in [4.78, 5) is 25.3. The van der Waals surface area contributed by atoms with Crippen molar-refractivity contribution >= 4 is 27.5 Å². The number of rotatable bonds is 4. The van der Waals surface area contributed by atoms with Gasteiger partial charge in [0.1, 0.15) is 5.82 Å². The third-order valence-electron chi connectivity index (χ3n) is 5.45. The lowest BCUT2D eigenvalue weighted by molar-refractivity contribution is -0.136. The maximum atomic E-state index is 12.7. The largest absolute Gasteiger partial charge is 0.341 e. The number of amides is 2. The van der Waals surface area contributed by atoms with Crippen molar-refractivity contribution in [2.45, 2.75) is 38.3 Å². The van der Waals surface area contributed by atoms with E-state index in [2.05, 4.69) is 15.7 Å². The highest BCUT2D eigenvalue weighted by atomic mass is 32.2. The molecule has 32 heavy (non-hydrogen) atoms. The molecule has 2 aromatic carbocycles. The lowest BCUT2D eigenvalue weighted by Crippen LogP contribution is -2.37. The molecule has 0 saturated heterocycles. The van der Waals surface area contributed by atoms with Crippen LogP contribution in [0.25, 0.3) is 5.69 Å². The van der Waals surface area contributed by atoms with Crippen molar-refractivity contribution in [1.82, 2.24) is 15.1 Å². The van der Waals surface area contributed by atoms with Crippen LogP contribution in [0.3, 0.4) is 0 Å². The Bertz CT molecular complexity index is 1310. The number of nitrogens with one attached hydrogen (secondary N) is 2. The standard InChI is InChI=1S/C23H24N4O4S/c1-14-9-10-20(15(2)11-14)27-21(18-12-32(30,31)13-19(18)26-27)25-23(29)22(28)24-16(3)17-7-5-4-6-8-17/h4-11,16H,12-13H2,1-3H3,(H,24,28)(H,25,29). The fourth-order valence-corrected chi connectivity index (χ4v) is 5.33. The smallest absolute Gasteiger partial charge is 0.314 e. The van der Waals surface area contributed by atoms with Gasteiger partial charge in [0, 0.05) is 5.56 Å². The molecule has 1 aliphatic heterocycles. The molecule has 2 N–H and O–H groups in total. The molecule has 0 bridgehead atoms. The monoisotopic (exact) mass is 452 g/mol. The van der Waals surface area contributed by atoms with Crippen LogP contribution in [0.5, 0.6) is 0 Å². The van der Waals surface area contributed by atoms with Crippen LogP contribution in [0.2, 0.25) is 0 Å². The summed E-state index contributed by atoms with van der Waals surface area (Å²) >= 11 is 0. The molecule has 0 radical (unpaired) electrons. The Morgan fingerprint density at radius 1 is 1.03 bits per heavy atom. The third-order valence-corrected chi connectivity index (χ3v) is 6.90. The molecule has 4 rings (SSSR count). The molecule has 1 aliphatic rings. The van der Waals surface area contributed by atoms with Gasteiger partial charge in [-0.3, -0.25) is 9.59 Å². The van der Waals surface area contributed by atoms with Gasteiger partial charge < -0.3 is 10.6 Å². The topological polar surface area (TPSA) is 110 Å². The highest BCUT2D eigenvalue weighted by Crippen LogP contribution is 2.33. The molecule has 2 heterocycles. The van der Waals surface area contributed by atoms with Crippen LogP contribution in [-0.4, -0.2) is 30.0 Å². The van der Waals surface area contributed by atoms with E-state index in [1.807, 2.05) is 62.4 Å². The van der Waals surface area contributed by atoms with E-state index in [1.165, 1.54) is 4.68 Å². The number of carbonyl (C=O) groups is 2. The van der Waals surface area contributed by atoms with Gasteiger partial charge in [-0.05, 0) is 38.0 Å². The van der Waals surface area contributed by atoms with Gasteiger partial charge in [-0.15, -0.1) is 0 Å². The van der Waals surface area contributed by atoms with Gasteiger partial charge in [-0.2, -0.15) is 5.10 Å². The van der Waals surface area contributed by atoms with Crippen LogP contribution in [0.1, 0.15) is 40.9 Å². The summed E-state index contributed by atoms with van der Waals surface area (Å²) in [5.74, 6) is -1.92. The van der Waals surface area contributed by atoms with Crippen LogP contribution < -0.4 is 10.6 Å². The fourth-order valence-electron chi connectivity index (χ4n) is 3.84. The number of aromatic nitrogens is 2. The lowest BCUT2D eigenvalue weighted by atomic mass is 10.1. The Kier molecular flexibility index (Phi) is 5.60. The summed E-state index contributed by atoms with van der Waals surface area (Å²) in [5.41, 5.74) is 4.34.